The normalized spacial score (nSPS) is 39.2. The zero-order valence-corrected chi connectivity index (χ0v) is 9.97. The molecule has 2 heteroatoms. The maximum absolute atomic E-state index is 10.9. The molecule has 2 aliphatic carbocycles. The SMILES string of the molecule is CN[C@@H]1CCCC[C@]1(O)C1CCCCC1. The summed E-state index contributed by atoms with van der Waals surface area (Å²) in [5, 5.41) is 14.2. The van der Waals surface area contributed by atoms with E-state index in [1.54, 1.807) is 0 Å². The van der Waals surface area contributed by atoms with Gasteiger partial charge in [-0.15, -0.1) is 0 Å². The van der Waals surface area contributed by atoms with Crippen molar-refractivity contribution in [2.75, 3.05) is 7.05 Å². The van der Waals surface area contributed by atoms with Gasteiger partial charge in [0.25, 0.3) is 0 Å². The molecule has 0 amide bonds. The lowest BCUT2D eigenvalue weighted by Gasteiger charge is -2.46. The molecule has 0 radical (unpaired) electrons. The summed E-state index contributed by atoms with van der Waals surface area (Å²) in [6.07, 6.45) is 11.2. The van der Waals surface area contributed by atoms with Gasteiger partial charge in [-0.2, -0.15) is 0 Å². The maximum atomic E-state index is 10.9. The minimum absolute atomic E-state index is 0.342. The van der Waals surface area contributed by atoms with E-state index in [0.29, 0.717) is 12.0 Å². The van der Waals surface area contributed by atoms with Gasteiger partial charge in [0.2, 0.25) is 0 Å². The highest BCUT2D eigenvalue weighted by molar-refractivity contribution is 4.99. The molecule has 2 nitrogen and oxygen atoms in total. The molecule has 2 N–H and O–H groups in total. The van der Waals surface area contributed by atoms with E-state index in [9.17, 15) is 5.11 Å². The Hall–Kier alpha value is -0.0800. The van der Waals surface area contributed by atoms with Crippen LogP contribution in [0.1, 0.15) is 57.8 Å². The minimum atomic E-state index is -0.395. The smallest absolute Gasteiger partial charge is 0.0827 e. The highest BCUT2D eigenvalue weighted by atomic mass is 16.3. The molecule has 0 aromatic carbocycles. The fourth-order valence-corrected chi connectivity index (χ4v) is 3.67. The van der Waals surface area contributed by atoms with Crippen molar-refractivity contribution in [3.8, 4) is 0 Å². The Bertz CT molecular complexity index is 201. The zero-order valence-electron chi connectivity index (χ0n) is 9.97. The van der Waals surface area contributed by atoms with Crippen molar-refractivity contribution in [2.45, 2.75) is 69.4 Å². The van der Waals surface area contributed by atoms with Crippen molar-refractivity contribution in [1.82, 2.24) is 5.32 Å². The van der Waals surface area contributed by atoms with E-state index in [1.165, 1.54) is 44.9 Å². The van der Waals surface area contributed by atoms with E-state index in [4.69, 9.17) is 0 Å². The molecule has 0 spiro atoms. The van der Waals surface area contributed by atoms with Gasteiger partial charge in [-0.3, -0.25) is 0 Å². The van der Waals surface area contributed by atoms with Gasteiger partial charge in [-0.25, -0.2) is 0 Å². The molecule has 2 rings (SSSR count). The van der Waals surface area contributed by atoms with Gasteiger partial charge in [0.15, 0.2) is 0 Å². The number of hydrogen-bond acceptors (Lipinski definition) is 2. The first-order valence-corrected chi connectivity index (χ1v) is 6.67. The molecule has 0 aromatic heterocycles. The van der Waals surface area contributed by atoms with Gasteiger partial charge in [0, 0.05) is 6.04 Å². The van der Waals surface area contributed by atoms with Crippen molar-refractivity contribution < 1.29 is 5.11 Å². The van der Waals surface area contributed by atoms with Gasteiger partial charge >= 0.3 is 0 Å². The minimum Gasteiger partial charge on any atom is -0.388 e. The summed E-state index contributed by atoms with van der Waals surface area (Å²) >= 11 is 0. The molecule has 88 valence electrons. The second kappa shape index (κ2) is 4.84. The van der Waals surface area contributed by atoms with E-state index >= 15 is 0 Å². The van der Waals surface area contributed by atoms with E-state index < -0.39 is 5.60 Å². The molecule has 0 bridgehead atoms. The van der Waals surface area contributed by atoms with E-state index in [1.807, 2.05) is 7.05 Å². The van der Waals surface area contributed by atoms with Crippen LogP contribution in [-0.2, 0) is 0 Å². The Kier molecular flexibility index (Phi) is 3.68. The van der Waals surface area contributed by atoms with Crippen molar-refractivity contribution in [3.05, 3.63) is 0 Å². The van der Waals surface area contributed by atoms with Gasteiger partial charge in [-0.1, -0.05) is 32.1 Å². The Morgan fingerprint density at radius 2 is 1.67 bits per heavy atom. The van der Waals surface area contributed by atoms with Crippen molar-refractivity contribution in [3.63, 3.8) is 0 Å². The Balaban J connectivity index is 2.06. The maximum Gasteiger partial charge on any atom is 0.0827 e. The van der Waals surface area contributed by atoms with Crippen molar-refractivity contribution in [1.29, 1.82) is 0 Å². The van der Waals surface area contributed by atoms with E-state index in [2.05, 4.69) is 5.32 Å². The van der Waals surface area contributed by atoms with Gasteiger partial charge < -0.3 is 10.4 Å². The number of rotatable bonds is 2. The lowest BCUT2D eigenvalue weighted by Crippen LogP contribution is -2.56. The predicted molar refractivity (Wildman–Crippen MR) is 62.8 cm³/mol. The summed E-state index contributed by atoms with van der Waals surface area (Å²) in [6, 6.07) is 0.342. The second-order valence-electron chi connectivity index (χ2n) is 5.41. The molecule has 0 heterocycles. The first kappa shape index (κ1) is 11.4. The van der Waals surface area contributed by atoms with Gasteiger partial charge in [0.05, 0.1) is 5.60 Å². The summed E-state index contributed by atoms with van der Waals surface area (Å²) in [4.78, 5) is 0. The molecule has 2 saturated carbocycles. The quantitative estimate of drug-likeness (QED) is 0.735. The van der Waals surface area contributed by atoms with Crippen LogP contribution in [0.15, 0.2) is 0 Å². The number of nitrogens with one attached hydrogen (secondary N) is 1. The Morgan fingerprint density at radius 3 is 2.33 bits per heavy atom. The van der Waals surface area contributed by atoms with Crippen LogP contribution < -0.4 is 5.32 Å². The lowest BCUT2D eigenvalue weighted by molar-refractivity contribution is -0.0838. The number of hydrogen-bond donors (Lipinski definition) is 2. The molecule has 0 saturated heterocycles. The van der Waals surface area contributed by atoms with Crippen LogP contribution in [0.2, 0.25) is 0 Å². The second-order valence-corrected chi connectivity index (χ2v) is 5.41. The van der Waals surface area contributed by atoms with Crippen LogP contribution in [-0.4, -0.2) is 23.8 Å². The van der Waals surface area contributed by atoms with E-state index in [0.717, 1.165) is 12.8 Å². The first-order valence-electron chi connectivity index (χ1n) is 6.67. The van der Waals surface area contributed by atoms with Crippen LogP contribution in [0.3, 0.4) is 0 Å². The van der Waals surface area contributed by atoms with Crippen LogP contribution in [0.4, 0.5) is 0 Å². The third-order valence-electron chi connectivity index (χ3n) is 4.58. The third kappa shape index (κ3) is 2.21. The fraction of sp³-hybridized carbons (Fsp3) is 1.00. The van der Waals surface area contributed by atoms with Crippen molar-refractivity contribution in [2.24, 2.45) is 5.92 Å². The summed E-state index contributed by atoms with van der Waals surface area (Å²) < 4.78 is 0. The van der Waals surface area contributed by atoms with E-state index in [-0.39, 0.29) is 0 Å². The molecule has 2 atom stereocenters. The molecular weight excluding hydrogens is 186 g/mol. The number of likely N-dealkylation sites (N-methyl/N-ethyl adjacent to an activating group) is 1. The summed E-state index contributed by atoms with van der Waals surface area (Å²) in [7, 11) is 2.00. The molecule has 0 aliphatic heterocycles. The standard InChI is InChI=1S/C13H25NO/c1-14-12-9-5-6-10-13(12,15)11-7-3-2-4-8-11/h11-12,14-15H,2-10H2,1H3/t12-,13+/m1/s1. The van der Waals surface area contributed by atoms with Crippen molar-refractivity contribution >= 4 is 0 Å². The summed E-state index contributed by atoms with van der Waals surface area (Å²) in [5.41, 5.74) is -0.395. The van der Waals surface area contributed by atoms with Gasteiger partial charge in [-0.05, 0) is 38.6 Å². The zero-order chi connectivity index (χ0) is 10.7. The molecule has 0 unspecified atom stereocenters. The lowest BCUT2D eigenvalue weighted by atomic mass is 9.67. The largest absolute Gasteiger partial charge is 0.388 e. The third-order valence-corrected chi connectivity index (χ3v) is 4.58. The summed E-state index contributed by atoms with van der Waals surface area (Å²) in [5.74, 6) is 0.559. The predicted octanol–water partition coefficient (Wildman–Crippen LogP) is 2.46. The Labute approximate surface area is 93.5 Å². The van der Waals surface area contributed by atoms with Gasteiger partial charge in [0.1, 0.15) is 0 Å². The first-order chi connectivity index (χ1) is 7.27. The van der Waals surface area contributed by atoms with Crippen LogP contribution >= 0.6 is 0 Å². The average molecular weight is 211 g/mol. The monoisotopic (exact) mass is 211 g/mol. The topological polar surface area (TPSA) is 32.3 Å². The Morgan fingerprint density at radius 1 is 1.00 bits per heavy atom. The van der Waals surface area contributed by atoms with Crippen LogP contribution in [0, 0.1) is 5.92 Å². The highest BCUT2D eigenvalue weighted by Crippen LogP contribution is 2.41. The molecule has 2 aliphatic rings. The molecular formula is C13H25NO. The molecule has 2 fully saturated rings. The molecule has 15 heavy (non-hydrogen) atoms. The summed E-state index contributed by atoms with van der Waals surface area (Å²) in [6.45, 7) is 0. The fourth-order valence-electron chi connectivity index (χ4n) is 3.67. The number of aliphatic hydroxyl groups is 1. The van der Waals surface area contributed by atoms with Crippen LogP contribution in [0.25, 0.3) is 0 Å². The average Bonchev–Trinajstić information content (AvgIpc) is 2.31. The highest BCUT2D eigenvalue weighted by Gasteiger charge is 2.44. The molecule has 0 aromatic rings. The van der Waals surface area contributed by atoms with Crippen LogP contribution in [0.5, 0.6) is 0 Å².